The van der Waals surface area contributed by atoms with Gasteiger partial charge in [-0.3, -0.25) is 14.5 Å². The highest BCUT2D eigenvalue weighted by Crippen LogP contribution is 2.32. The summed E-state index contributed by atoms with van der Waals surface area (Å²) in [6, 6.07) is 7.29. The van der Waals surface area contributed by atoms with Gasteiger partial charge in [0.2, 0.25) is 5.91 Å². The van der Waals surface area contributed by atoms with Gasteiger partial charge in [0, 0.05) is 13.1 Å². The number of rotatable bonds is 3. The Morgan fingerprint density at radius 1 is 1.41 bits per heavy atom. The number of anilines is 1. The molecular formula is C16H21N3O3. The van der Waals surface area contributed by atoms with Gasteiger partial charge in [-0.05, 0) is 30.5 Å². The topological polar surface area (TPSA) is 75.9 Å². The SMILES string of the molecule is CC1(CN)CCN(C(=O)CN2C(=O)COc3ccccc32)C1. The van der Waals surface area contributed by atoms with Crippen molar-refractivity contribution in [2.75, 3.05) is 37.7 Å². The van der Waals surface area contributed by atoms with Crippen LogP contribution in [0.3, 0.4) is 0 Å². The summed E-state index contributed by atoms with van der Waals surface area (Å²) in [4.78, 5) is 27.9. The lowest BCUT2D eigenvalue weighted by Gasteiger charge is -2.30. The Labute approximate surface area is 129 Å². The molecule has 6 nitrogen and oxygen atoms in total. The summed E-state index contributed by atoms with van der Waals surface area (Å²) in [6.45, 7) is 4.05. The maximum atomic E-state index is 12.5. The van der Waals surface area contributed by atoms with Crippen LogP contribution in [0.25, 0.3) is 0 Å². The van der Waals surface area contributed by atoms with Crippen molar-refractivity contribution in [3.8, 4) is 5.75 Å². The Kier molecular flexibility index (Phi) is 3.78. The molecule has 118 valence electrons. The van der Waals surface area contributed by atoms with Crippen molar-refractivity contribution in [1.82, 2.24) is 4.90 Å². The van der Waals surface area contributed by atoms with Gasteiger partial charge in [-0.25, -0.2) is 0 Å². The normalized spacial score (nSPS) is 24.2. The zero-order valence-electron chi connectivity index (χ0n) is 12.7. The molecule has 1 saturated heterocycles. The van der Waals surface area contributed by atoms with Crippen molar-refractivity contribution >= 4 is 17.5 Å². The van der Waals surface area contributed by atoms with Crippen LogP contribution in [0, 0.1) is 5.41 Å². The van der Waals surface area contributed by atoms with Crippen LogP contribution in [-0.4, -0.2) is 49.5 Å². The number of carbonyl (C=O) groups is 2. The van der Waals surface area contributed by atoms with Gasteiger partial charge in [0.25, 0.3) is 5.91 Å². The average molecular weight is 303 g/mol. The molecule has 0 aromatic heterocycles. The third-order valence-electron chi connectivity index (χ3n) is 4.50. The fourth-order valence-corrected chi connectivity index (χ4v) is 2.97. The Morgan fingerprint density at radius 3 is 2.91 bits per heavy atom. The standard InChI is InChI=1S/C16H21N3O3/c1-16(10-17)6-7-18(11-16)14(20)8-19-12-4-2-3-5-13(12)22-9-15(19)21/h2-5H,6-11,17H2,1H3. The first-order chi connectivity index (χ1) is 10.5. The lowest BCUT2D eigenvalue weighted by Crippen LogP contribution is -2.46. The van der Waals surface area contributed by atoms with Crippen LogP contribution in [-0.2, 0) is 9.59 Å². The van der Waals surface area contributed by atoms with Crippen LogP contribution in [0.15, 0.2) is 24.3 Å². The van der Waals surface area contributed by atoms with E-state index in [-0.39, 0.29) is 30.4 Å². The van der Waals surface area contributed by atoms with Crippen LogP contribution in [0.4, 0.5) is 5.69 Å². The highest BCUT2D eigenvalue weighted by atomic mass is 16.5. The first-order valence-electron chi connectivity index (χ1n) is 7.52. The number of amides is 2. The van der Waals surface area contributed by atoms with Crippen molar-refractivity contribution in [3.63, 3.8) is 0 Å². The van der Waals surface area contributed by atoms with E-state index < -0.39 is 0 Å². The molecule has 22 heavy (non-hydrogen) atoms. The van der Waals surface area contributed by atoms with Crippen molar-refractivity contribution in [2.24, 2.45) is 11.1 Å². The number of likely N-dealkylation sites (tertiary alicyclic amines) is 1. The summed E-state index contributed by atoms with van der Waals surface area (Å²) in [5.41, 5.74) is 6.43. The van der Waals surface area contributed by atoms with E-state index in [1.807, 2.05) is 12.1 Å². The summed E-state index contributed by atoms with van der Waals surface area (Å²) >= 11 is 0. The lowest BCUT2D eigenvalue weighted by atomic mass is 9.90. The van der Waals surface area contributed by atoms with Gasteiger partial charge in [0.05, 0.1) is 5.69 Å². The number of hydrogen-bond donors (Lipinski definition) is 1. The van der Waals surface area contributed by atoms with Crippen molar-refractivity contribution in [1.29, 1.82) is 0 Å². The number of nitrogens with zero attached hydrogens (tertiary/aromatic N) is 2. The minimum atomic E-state index is -0.187. The highest BCUT2D eigenvalue weighted by Gasteiger charge is 2.36. The van der Waals surface area contributed by atoms with Gasteiger partial charge < -0.3 is 15.4 Å². The Balaban J connectivity index is 1.73. The molecule has 3 rings (SSSR count). The monoisotopic (exact) mass is 303 g/mol. The molecule has 2 amide bonds. The molecule has 0 radical (unpaired) electrons. The number of carbonyl (C=O) groups excluding carboxylic acids is 2. The largest absolute Gasteiger partial charge is 0.482 e. The van der Waals surface area contributed by atoms with E-state index in [1.54, 1.807) is 17.0 Å². The van der Waals surface area contributed by atoms with E-state index in [0.717, 1.165) is 6.42 Å². The number of hydrogen-bond acceptors (Lipinski definition) is 4. The number of benzene rings is 1. The van der Waals surface area contributed by atoms with E-state index in [4.69, 9.17) is 10.5 Å². The fourth-order valence-electron chi connectivity index (χ4n) is 2.97. The second-order valence-corrected chi connectivity index (χ2v) is 6.32. The third-order valence-corrected chi connectivity index (χ3v) is 4.50. The maximum Gasteiger partial charge on any atom is 0.265 e. The van der Waals surface area contributed by atoms with Crippen molar-refractivity contribution in [2.45, 2.75) is 13.3 Å². The number of para-hydroxylation sites is 2. The molecule has 0 spiro atoms. The number of ether oxygens (including phenoxy) is 1. The average Bonchev–Trinajstić information content (AvgIpc) is 2.93. The summed E-state index contributed by atoms with van der Waals surface area (Å²) in [5, 5.41) is 0. The zero-order valence-corrected chi connectivity index (χ0v) is 12.7. The molecule has 1 aromatic carbocycles. The molecule has 1 atom stereocenters. The van der Waals surface area contributed by atoms with E-state index in [0.29, 0.717) is 31.1 Å². The van der Waals surface area contributed by atoms with Gasteiger partial charge >= 0.3 is 0 Å². The van der Waals surface area contributed by atoms with Gasteiger partial charge in [0.1, 0.15) is 12.3 Å². The van der Waals surface area contributed by atoms with Crippen LogP contribution in [0.2, 0.25) is 0 Å². The molecule has 2 aliphatic rings. The molecule has 1 fully saturated rings. The summed E-state index contributed by atoms with van der Waals surface area (Å²) < 4.78 is 5.39. The summed E-state index contributed by atoms with van der Waals surface area (Å²) in [5.74, 6) is 0.415. The molecule has 1 aromatic rings. The van der Waals surface area contributed by atoms with Crippen molar-refractivity contribution < 1.29 is 14.3 Å². The summed E-state index contributed by atoms with van der Waals surface area (Å²) in [7, 11) is 0. The van der Waals surface area contributed by atoms with Gasteiger partial charge in [-0.2, -0.15) is 0 Å². The smallest absolute Gasteiger partial charge is 0.265 e. The van der Waals surface area contributed by atoms with E-state index >= 15 is 0 Å². The second-order valence-electron chi connectivity index (χ2n) is 6.32. The molecule has 6 heteroatoms. The molecule has 0 saturated carbocycles. The lowest BCUT2D eigenvalue weighted by molar-refractivity contribution is -0.131. The van der Waals surface area contributed by atoms with E-state index in [1.165, 1.54) is 4.90 Å². The Morgan fingerprint density at radius 2 is 2.18 bits per heavy atom. The fraction of sp³-hybridized carbons (Fsp3) is 0.500. The quantitative estimate of drug-likeness (QED) is 0.887. The second kappa shape index (κ2) is 5.61. The molecular weight excluding hydrogens is 282 g/mol. The van der Waals surface area contributed by atoms with Crippen LogP contribution in [0.1, 0.15) is 13.3 Å². The molecule has 0 bridgehead atoms. The minimum absolute atomic E-state index is 0.0113. The predicted molar refractivity (Wildman–Crippen MR) is 82.6 cm³/mol. The van der Waals surface area contributed by atoms with Gasteiger partial charge in [-0.1, -0.05) is 19.1 Å². The first kappa shape index (κ1) is 14.8. The summed E-state index contributed by atoms with van der Waals surface area (Å²) in [6.07, 6.45) is 0.906. The molecule has 0 aliphatic carbocycles. The zero-order chi connectivity index (χ0) is 15.7. The Bertz CT molecular complexity index is 604. The number of nitrogens with two attached hydrogens (primary N) is 1. The van der Waals surface area contributed by atoms with Gasteiger partial charge in [0.15, 0.2) is 6.61 Å². The third kappa shape index (κ3) is 2.66. The van der Waals surface area contributed by atoms with Crippen molar-refractivity contribution in [3.05, 3.63) is 24.3 Å². The molecule has 2 N–H and O–H groups in total. The number of fused-ring (bicyclic) bond motifs is 1. The van der Waals surface area contributed by atoms with Crippen LogP contribution < -0.4 is 15.4 Å². The Hall–Kier alpha value is -2.08. The first-order valence-corrected chi connectivity index (χ1v) is 7.52. The highest BCUT2D eigenvalue weighted by molar-refractivity contribution is 6.02. The minimum Gasteiger partial charge on any atom is -0.482 e. The van der Waals surface area contributed by atoms with Gasteiger partial charge in [-0.15, -0.1) is 0 Å². The molecule has 2 heterocycles. The van der Waals surface area contributed by atoms with E-state index in [2.05, 4.69) is 6.92 Å². The predicted octanol–water partition coefficient (Wildman–Crippen LogP) is 0.609. The van der Waals surface area contributed by atoms with E-state index in [9.17, 15) is 9.59 Å². The van der Waals surface area contributed by atoms with Crippen LogP contribution >= 0.6 is 0 Å². The molecule has 2 aliphatic heterocycles. The molecule has 1 unspecified atom stereocenters. The van der Waals surface area contributed by atoms with Crippen LogP contribution in [0.5, 0.6) is 5.75 Å². The maximum absolute atomic E-state index is 12.5.